The molecule has 28 heavy (non-hydrogen) atoms. The molecule has 1 saturated heterocycles. The summed E-state index contributed by atoms with van der Waals surface area (Å²) < 4.78 is 6.89. The van der Waals surface area contributed by atoms with E-state index in [9.17, 15) is 9.59 Å². The number of nitrogens with one attached hydrogen (secondary N) is 1. The molecule has 1 N–H and O–H groups in total. The molecular formula is C19H22N6O3. The van der Waals surface area contributed by atoms with Gasteiger partial charge in [0.1, 0.15) is 11.6 Å². The van der Waals surface area contributed by atoms with Gasteiger partial charge in [-0.25, -0.2) is 9.67 Å². The third-order valence-corrected chi connectivity index (χ3v) is 5.05. The molecule has 9 nitrogen and oxygen atoms in total. The fourth-order valence-corrected chi connectivity index (χ4v) is 3.68. The first-order chi connectivity index (χ1) is 13.5. The minimum Gasteiger partial charge on any atom is -0.497 e. The summed E-state index contributed by atoms with van der Waals surface area (Å²) in [6.45, 7) is 3.64. The first-order valence-corrected chi connectivity index (χ1v) is 9.28. The third-order valence-electron chi connectivity index (χ3n) is 5.05. The Balaban J connectivity index is 1.51. The number of hydrogen-bond donors (Lipinski definition) is 1. The molecule has 0 radical (unpaired) electrons. The lowest BCUT2D eigenvalue weighted by molar-refractivity contribution is 0.0660. The zero-order valence-corrected chi connectivity index (χ0v) is 15.9. The van der Waals surface area contributed by atoms with Gasteiger partial charge >= 0.3 is 0 Å². The summed E-state index contributed by atoms with van der Waals surface area (Å²) in [5.74, 6) is 1.41. The van der Waals surface area contributed by atoms with Gasteiger partial charge < -0.3 is 14.6 Å². The van der Waals surface area contributed by atoms with Crippen molar-refractivity contribution in [2.75, 3.05) is 20.2 Å². The van der Waals surface area contributed by atoms with Crippen molar-refractivity contribution >= 4 is 17.1 Å². The Bertz CT molecular complexity index is 1070. The molecule has 3 heterocycles. The summed E-state index contributed by atoms with van der Waals surface area (Å²) in [6, 6.07) is 7.21. The van der Waals surface area contributed by atoms with Crippen LogP contribution in [0.15, 0.2) is 29.1 Å². The van der Waals surface area contributed by atoms with Crippen molar-refractivity contribution < 1.29 is 9.53 Å². The number of carbonyl (C=O) groups excluding carboxylic acids is 1. The van der Waals surface area contributed by atoms with Crippen LogP contribution in [0.4, 0.5) is 0 Å². The number of rotatable bonds is 4. The van der Waals surface area contributed by atoms with Gasteiger partial charge in [0.05, 0.1) is 7.11 Å². The highest BCUT2D eigenvalue weighted by atomic mass is 16.5. The van der Waals surface area contributed by atoms with Crippen LogP contribution in [0.2, 0.25) is 0 Å². The Morgan fingerprint density at radius 1 is 1.39 bits per heavy atom. The van der Waals surface area contributed by atoms with Crippen LogP contribution < -0.4 is 10.3 Å². The van der Waals surface area contributed by atoms with Crippen molar-refractivity contribution in [3.05, 3.63) is 46.0 Å². The summed E-state index contributed by atoms with van der Waals surface area (Å²) in [5, 5.41) is 8.06. The number of carbonyl (C=O) groups is 1. The highest BCUT2D eigenvalue weighted by Gasteiger charge is 2.26. The minimum absolute atomic E-state index is 0.00235. The van der Waals surface area contributed by atoms with Crippen molar-refractivity contribution in [3.8, 4) is 5.75 Å². The summed E-state index contributed by atoms with van der Waals surface area (Å²) in [6.07, 6.45) is 1.89. The number of nitrogens with zero attached hydrogens (tertiary/aromatic N) is 5. The van der Waals surface area contributed by atoms with Crippen LogP contribution in [0.25, 0.3) is 11.2 Å². The van der Waals surface area contributed by atoms with Gasteiger partial charge in [-0.15, -0.1) is 5.10 Å². The highest BCUT2D eigenvalue weighted by molar-refractivity contribution is 5.94. The van der Waals surface area contributed by atoms with E-state index < -0.39 is 0 Å². The number of methoxy groups -OCH3 is 1. The van der Waals surface area contributed by atoms with Gasteiger partial charge in [0.15, 0.2) is 11.2 Å². The molecule has 1 aromatic carbocycles. The van der Waals surface area contributed by atoms with E-state index in [4.69, 9.17) is 4.74 Å². The number of H-pyrrole nitrogens is 1. The maximum absolute atomic E-state index is 12.9. The Labute approximate surface area is 161 Å². The Morgan fingerprint density at radius 3 is 3.07 bits per heavy atom. The topological polar surface area (TPSA) is 106 Å². The molecule has 1 fully saturated rings. The van der Waals surface area contributed by atoms with Crippen molar-refractivity contribution in [1.29, 1.82) is 0 Å². The summed E-state index contributed by atoms with van der Waals surface area (Å²) in [7, 11) is 1.59. The zero-order chi connectivity index (χ0) is 19.7. The van der Waals surface area contributed by atoms with Gasteiger partial charge in [-0.1, -0.05) is 11.3 Å². The van der Waals surface area contributed by atoms with Gasteiger partial charge in [-0.05, 0) is 43.9 Å². The van der Waals surface area contributed by atoms with E-state index in [1.165, 1.54) is 0 Å². The van der Waals surface area contributed by atoms with Gasteiger partial charge in [0.25, 0.3) is 11.5 Å². The summed E-state index contributed by atoms with van der Waals surface area (Å²) in [4.78, 5) is 33.7. The normalized spacial score (nSPS) is 17.1. The van der Waals surface area contributed by atoms with Crippen LogP contribution in [0.1, 0.15) is 29.0 Å². The van der Waals surface area contributed by atoms with Crippen LogP contribution in [-0.2, 0) is 6.54 Å². The largest absolute Gasteiger partial charge is 0.497 e. The Morgan fingerprint density at radius 2 is 2.25 bits per heavy atom. The molecule has 146 valence electrons. The molecule has 0 unspecified atom stereocenters. The maximum Gasteiger partial charge on any atom is 0.281 e. The first-order valence-electron chi connectivity index (χ1n) is 9.28. The minimum atomic E-state index is -0.285. The second kappa shape index (κ2) is 7.41. The predicted molar refractivity (Wildman–Crippen MR) is 102 cm³/mol. The second-order valence-electron chi connectivity index (χ2n) is 7.09. The number of amides is 1. The van der Waals surface area contributed by atoms with Gasteiger partial charge in [-0.3, -0.25) is 9.59 Å². The van der Waals surface area contributed by atoms with Crippen LogP contribution in [0.3, 0.4) is 0 Å². The van der Waals surface area contributed by atoms with Gasteiger partial charge in [0.2, 0.25) is 0 Å². The van der Waals surface area contributed by atoms with Crippen LogP contribution in [-0.4, -0.2) is 56.0 Å². The van der Waals surface area contributed by atoms with Gasteiger partial charge in [-0.2, -0.15) is 0 Å². The molecule has 2 aromatic heterocycles. The number of aryl methyl sites for hydroxylation is 1. The molecule has 4 rings (SSSR count). The number of piperidine rings is 1. The fraction of sp³-hybridized carbons (Fsp3) is 0.421. The number of benzene rings is 1. The standard InChI is InChI=1S/C19H22N6O3/c1-12-20-17-16(18(26)21-12)22-23-25(17)11-13-5-4-8-24(10-13)19(27)14-6-3-7-15(9-14)28-2/h3,6-7,9,13H,4-5,8,10-11H2,1-2H3,(H,20,21,26)/t13-/m1/s1. The summed E-state index contributed by atoms with van der Waals surface area (Å²) in [5.41, 5.74) is 1.06. The number of likely N-dealkylation sites (tertiary alicyclic amines) is 1. The molecule has 1 atom stereocenters. The van der Waals surface area contributed by atoms with Crippen LogP contribution >= 0.6 is 0 Å². The lowest BCUT2D eigenvalue weighted by Crippen LogP contribution is -2.41. The SMILES string of the molecule is COc1cccc(C(=O)N2CCC[C@@H](Cn3nnc4c(=O)[nH]c(C)nc43)C2)c1. The predicted octanol–water partition coefficient (Wildman–Crippen LogP) is 1.38. The molecular weight excluding hydrogens is 360 g/mol. The van der Waals surface area contributed by atoms with Crippen molar-refractivity contribution in [3.63, 3.8) is 0 Å². The van der Waals surface area contributed by atoms with E-state index in [1.807, 2.05) is 17.0 Å². The van der Waals surface area contributed by atoms with E-state index in [0.717, 1.165) is 19.4 Å². The Kier molecular flexibility index (Phi) is 4.81. The number of aromatic nitrogens is 5. The van der Waals surface area contributed by atoms with Crippen molar-refractivity contribution in [1.82, 2.24) is 29.9 Å². The van der Waals surface area contributed by atoms with Crippen molar-refractivity contribution in [2.24, 2.45) is 5.92 Å². The Hall–Kier alpha value is -3.23. The lowest BCUT2D eigenvalue weighted by atomic mass is 9.97. The van der Waals surface area contributed by atoms with E-state index >= 15 is 0 Å². The molecule has 0 aliphatic carbocycles. The van der Waals surface area contributed by atoms with Crippen LogP contribution in [0, 0.1) is 12.8 Å². The molecule has 1 aliphatic rings. The first kappa shape index (κ1) is 18.1. The van der Waals surface area contributed by atoms with E-state index in [2.05, 4.69) is 20.3 Å². The molecule has 1 amide bonds. The van der Waals surface area contributed by atoms with E-state index in [-0.39, 0.29) is 22.9 Å². The zero-order valence-electron chi connectivity index (χ0n) is 15.9. The van der Waals surface area contributed by atoms with E-state index in [1.54, 1.807) is 30.8 Å². The number of fused-ring (bicyclic) bond motifs is 1. The molecule has 9 heteroatoms. The maximum atomic E-state index is 12.9. The number of aromatic amines is 1. The average molecular weight is 382 g/mol. The lowest BCUT2D eigenvalue weighted by Gasteiger charge is -2.32. The molecule has 0 bridgehead atoms. The summed E-state index contributed by atoms with van der Waals surface area (Å²) >= 11 is 0. The molecule has 0 spiro atoms. The molecule has 1 aliphatic heterocycles. The van der Waals surface area contributed by atoms with E-state index in [0.29, 0.717) is 35.9 Å². The highest BCUT2D eigenvalue weighted by Crippen LogP contribution is 2.22. The molecule has 3 aromatic rings. The van der Waals surface area contributed by atoms with Crippen molar-refractivity contribution in [2.45, 2.75) is 26.3 Å². The number of ether oxygens (including phenoxy) is 1. The fourth-order valence-electron chi connectivity index (χ4n) is 3.68. The molecule has 0 saturated carbocycles. The third kappa shape index (κ3) is 3.47. The van der Waals surface area contributed by atoms with Gasteiger partial charge in [0, 0.05) is 25.2 Å². The monoisotopic (exact) mass is 382 g/mol. The smallest absolute Gasteiger partial charge is 0.281 e. The number of hydrogen-bond acceptors (Lipinski definition) is 6. The average Bonchev–Trinajstić information content (AvgIpc) is 3.10. The van der Waals surface area contributed by atoms with Crippen LogP contribution in [0.5, 0.6) is 5.75 Å². The second-order valence-corrected chi connectivity index (χ2v) is 7.09. The quantitative estimate of drug-likeness (QED) is 0.731.